The van der Waals surface area contributed by atoms with Gasteiger partial charge in [-0.3, -0.25) is 4.98 Å². The summed E-state index contributed by atoms with van der Waals surface area (Å²) in [6.07, 6.45) is 10.6. The highest BCUT2D eigenvalue weighted by atomic mass is 15.3. The van der Waals surface area contributed by atoms with E-state index in [-0.39, 0.29) is 6.04 Å². The van der Waals surface area contributed by atoms with Crippen LogP contribution in [0.2, 0.25) is 0 Å². The van der Waals surface area contributed by atoms with Gasteiger partial charge in [-0.1, -0.05) is 78.9 Å². The third-order valence-electron chi connectivity index (χ3n) is 9.49. The SMILES string of the molecule is C1=CC2=[N+](c3ccccc3)c3ccccc3N3c4ccc5c(c4C(=C1)C23)c1ccccc1n5-c1cccc(-c2cccnc2)c1. The second-order valence-electron chi connectivity index (χ2n) is 11.8. The topological polar surface area (TPSA) is 24.1 Å². The third-order valence-corrected chi connectivity index (χ3v) is 9.49. The van der Waals surface area contributed by atoms with Gasteiger partial charge in [0.15, 0.2) is 0 Å². The predicted molar refractivity (Wildman–Crippen MR) is 186 cm³/mol. The highest BCUT2D eigenvalue weighted by Crippen LogP contribution is 2.55. The molecule has 0 fully saturated rings. The van der Waals surface area contributed by atoms with Crippen molar-refractivity contribution >= 4 is 55.8 Å². The van der Waals surface area contributed by atoms with E-state index in [1.807, 2.05) is 18.5 Å². The van der Waals surface area contributed by atoms with Crippen molar-refractivity contribution in [1.82, 2.24) is 14.1 Å². The van der Waals surface area contributed by atoms with Crippen molar-refractivity contribution in [3.05, 3.63) is 164 Å². The Morgan fingerprint density at radius 1 is 0.667 bits per heavy atom. The van der Waals surface area contributed by atoms with Gasteiger partial charge >= 0.3 is 0 Å². The van der Waals surface area contributed by atoms with Gasteiger partial charge in [-0.15, -0.1) is 0 Å². The van der Waals surface area contributed by atoms with Crippen molar-refractivity contribution in [3.8, 4) is 16.8 Å². The van der Waals surface area contributed by atoms with Gasteiger partial charge in [0.2, 0.25) is 17.1 Å². The number of nitrogens with zero attached hydrogens (tertiary/aromatic N) is 4. The van der Waals surface area contributed by atoms with Gasteiger partial charge < -0.3 is 9.47 Å². The molecule has 1 unspecified atom stereocenters. The van der Waals surface area contributed by atoms with Crippen molar-refractivity contribution in [3.63, 3.8) is 0 Å². The first-order valence-corrected chi connectivity index (χ1v) is 15.4. The summed E-state index contributed by atoms with van der Waals surface area (Å²) < 4.78 is 4.87. The van der Waals surface area contributed by atoms with Crippen LogP contribution in [0.25, 0.3) is 44.2 Å². The Morgan fingerprint density at radius 2 is 1.51 bits per heavy atom. The standard InChI is InChI=1S/C41H27N4/c1-2-13-29(14-3-1)43-34-19-6-7-20-35(34)45-37-23-22-36-39(40(37)32-17-9-21-38(43)41(32)45)31-16-4-5-18-33(31)44(36)30-15-8-11-27(25-30)28-12-10-24-42-26-28/h1-26,41H/q+1. The van der Waals surface area contributed by atoms with E-state index in [1.165, 1.54) is 61.4 Å². The maximum atomic E-state index is 4.37. The minimum absolute atomic E-state index is 0.0849. The molecule has 210 valence electrons. The largest absolute Gasteiger partial charge is 0.318 e. The second kappa shape index (κ2) is 9.25. The zero-order chi connectivity index (χ0) is 29.5. The predicted octanol–water partition coefficient (Wildman–Crippen LogP) is 9.61. The normalized spacial score (nSPS) is 16.1. The molecule has 2 aliphatic heterocycles. The fourth-order valence-electron chi connectivity index (χ4n) is 7.73. The van der Waals surface area contributed by atoms with Crippen LogP contribution in [0.4, 0.5) is 22.7 Å². The summed E-state index contributed by atoms with van der Waals surface area (Å²) in [6, 6.07) is 46.1. The maximum Gasteiger partial charge on any atom is 0.235 e. The van der Waals surface area contributed by atoms with E-state index in [0.29, 0.717) is 0 Å². The molecule has 4 heterocycles. The molecule has 3 aliphatic rings. The number of hydrogen-bond donors (Lipinski definition) is 0. The van der Waals surface area contributed by atoms with Gasteiger partial charge in [-0.2, -0.15) is 4.58 Å². The van der Waals surface area contributed by atoms with Crippen LogP contribution in [0.15, 0.2) is 158 Å². The lowest BCUT2D eigenvalue weighted by molar-refractivity contribution is 0.931. The summed E-state index contributed by atoms with van der Waals surface area (Å²) in [4.78, 5) is 6.93. The van der Waals surface area contributed by atoms with E-state index in [9.17, 15) is 0 Å². The average molecular weight is 576 g/mol. The van der Waals surface area contributed by atoms with Crippen molar-refractivity contribution in [2.24, 2.45) is 0 Å². The Morgan fingerprint density at radius 3 is 2.42 bits per heavy atom. The van der Waals surface area contributed by atoms with Gasteiger partial charge in [-0.25, -0.2) is 0 Å². The molecule has 0 saturated carbocycles. The van der Waals surface area contributed by atoms with E-state index in [0.717, 1.165) is 16.8 Å². The zero-order valence-corrected chi connectivity index (χ0v) is 24.4. The first-order valence-electron chi connectivity index (χ1n) is 15.4. The van der Waals surface area contributed by atoms with E-state index in [2.05, 4.69) is 159 Å². The van der Waals surface area contributed by atoms with Crippen LogP contribution in [-0.4, -0.2) is 21.3 Å². The van der Waals surface area contributed by atoms with Crippen molar-refractivity contribution in [1.29, 1.82) is 0 Å². The molecule has 0 N–H and O–H groups in total. The Hall–Kier alpha value is -6.00. The van der Waals surface area contributed by atoms with E-state index >= 15 is 0 Å². The highest BCUT2D eigenvalue weighted by molar-refractivity contribution is 6.26. The van der Waals surface area contributed by atoms with Gasteiger partial charge in [0.1, 0.15) is 11.7 Å². The molecule has 5 aromatic carbocycles. The van der Waals surface area contributed by atoms with Crippen molar-refractivity contribution in [2.75, 3.05) is 4.90 Å². The molecule has 4 nitrogen and oxygen atoms in total. The summed E-state index contributed by atoms with van der Waals surface area (Å²) in [5.41, 5.74) is 14.6. The number of para-hydroxylation sites is 4. The zero-order valence-electron chi connectivity index (χ0n) is 24.4. The Balaban J connectivity index is 1.26. The first kappa shape index (κ1) is 24.4. The van der Waals surface area contributed by atoms with Gasteiger partial charge in [0, 0.05) is 64.3 Å². The van der Waals surface area contributed by atoms with Gasteiger partial charge in [0.25, 0.3) is 0 Å². The first-order chi connectivity index (χ1) is 22.4. The summed E-state index contributed by atoms with van der Waals surface area (Å²) in [6.45, 7) is 0. The van der Waals surface area contributed by atoms with Crippen molar-refractivity contribution < 1.29 is 0 Å². The smallest absolute Gasteiger partial charge is 0.235 e. The van der Waals surface area contributed by atoms with Crippen LogP contribution in [0.3, 0.4) is 0 Å². The molecule has 0 saturated heterocycles. The van der Waals surface area contributed by atoms with Crippen LogP contribution in [0.5, 0.6) is 0 Å². The quantitative estimate of drug-likeness (QED) is 0.196. The Labute approximate surface area is 260 Å². The molecule has 0 bridgehead atoms. The molecule has 10 rings (SSSR count). The van der Waals surface area contributed by atoms with Gasteiger partial charge in [0.05, 0.1) is 16.7 Å². The van der Waals surface area contributed by atoms with E-state index < -0.39 is 0 Å². The van der Waals surface area contributed by atoms with E-state index in [1.54, 1.807) is 0 Å². The minimum Gasteiger partial charge on any atom is -0.318 e. The molecule has 0 radical (unpaired) electrons. The molecule has 4 heteroatoms. The summed E-state index contributed by atoms with van der Waals surface area (Å²) >= 11 is 0. The molecule has 0 amide bonds. The molecular formula is C41H27N4+. The molecule has 45 heavy (non-hydrogen) atoms. The molecular weight excluding hydrogens is 548 g/mol. The van der Waals surface area contributed by atoms with Crippen LogP contribution in [0, 0.1) is 0 Å². The Bertz CT molecular complexity index is 2430. The van der Waals surface area contributed by atoms with Crippen LogP contribution < -0.4 is 9.48 Å². The fraction of sp³-hybridized carbons (Fsp3) is 0.0244. The lowest BCUT2D eigenvalue weighted by Crippen LogP contribution is -2.43. The fourth-order valence-corrected chi connectivity index (χ4v) is 7.73. The van der Waals surface area contributed by atoms with Crippen LogP contribution in [0.1, 0.15) is 5.56 Å². The van der Waals surface area contributed by atoms with Crippen molar-refractivity contribution in [2.45, 2.75) is 6.04 Å². The van der Waals surface area contributed by atoms with Crippen LogP contribution in [-0.2, 0) is 0 Å². The number of hydrogen-bond acceptors (Lipinski definition) is 2. The lowest BCUT2D eigenvalue weighted by atomic mass is 9.90. The average Bonchev–Trinajstić information content (AvgIpc) is 3.63. The van der Waals surface area contributed by atoms with Crippen LogP contribution >= 0.6 is 0 Å². The van der Waals surface area contributed by atoms with Gasteiger partial charge in [-0.05, 0) is 53.6 Å². The molecule has 7 aromatic rings. The number of allylic oxidation sites excluding steroid dienone is 2. The second-order valence-corrected chi connectivity index (χ2v) is 11.8. The summed E-state index contributed by atoms with van der Waals surface area (Å²) in [7, 11) is 0. The minimum atomic E-state index is 0.0849. The molecule has 1 atom stereocenters. The highest BCUT2D eigenvalue weighted by Gasteiger charge is 2.49. The maximum absolute atomic E-state index is 4.37. The Kier molecular flexibility index (Phi) is 5.02. The number of rotatable bonds is 3. The van der Waals surface area contributed by atoms with E-state index in [4.69, 9.17) is 0 Å². The number of anilines is 2. The number of pyridine rings is 1. The summed E-state index contributed by atoms with van der Waals surface area (Å²) in [5, 5.41) is 2.56. The number of fused-ring (bicyclic) bond motifs is 9. The molecule has 1 aliphatic carbocycles. The lowest BCUT2D eigenvalue weighted by Gasteiger charge is -2.32. The monoisotopic (exact) mass is 575 g/mol. The summed E-state index contributed by atoms with van der Waals surface area (Å²) in [5.74, 6) is 0. The molecule has 0 spiro atoms. The number of benzene rings is 5. The third kappa shape index (κ3) is 3.36. The number of aromatic nitrogens is 2. The molecule has 2 aromatic heterocycles.